The number of aromatic nitrogens is 2. The smallest absolute Gasteiger partial charge is 0.189 e. The summed E-state index contributed by atoms with van der Waals surface area (Å²) in [5, 5.41) is 13.3. The molecule has 1 aromatic carbocycles. The first kappa shape index (κ1) is 12.3. The molecule has 3 aromatic rings. The minimum Gasteiger partial charge on any atom is -0.315 e. The molecule has 0 aliphatic heterocycles. The molecule has 2 aromatic heterocycles. The van der Waals surface area contributed by atoms with Gasteiger partial charge in [-0.3, -0.25) is 0 Å². The molecule has 0 fully saturated rings. The van der Waals surface area contributed by atoms with Crippen molar-refractivity contribution in [3.8, 4) is 6.07 Å². The summed E-state index contributed by atoms with van der Waals surface area (Å²) in [6, 6.07) is 12.2. The topological polar surface area (TPSA) is 61.6 Å². The number of hydrogen-bond donors (Lipinski definition) is 1. The predicted octanol–water partition coefficient (Wildman–Crippen LogP) is 3.80. The first-order chi connectivity index (χ1) is 10.3. The van der Waals surface area contributed by atoms with Crippen LogP contribution in [0.15, 0.2) is 30.3 Å². The zero-order valence-corrected chi connectivity index (χ0v) is 12.1. The number of aryl methyl sites for hydroxylation is 2. The number of benzene rings is 1. The maximum Gasteiger partial charge on any atom is 0.189 e. The summed E-state index contributed by atoms with van der Waals surface area (Å²) < 4.78 is 1.12. The van der Waals surface area contributed by atoms with Crippen LogP contribution in [0, 0.1) is 11.3 Å². The summed E-state index contributed by atoms with van der Waals surface area (Å²) >= 11 is 1.57. The molecule has 2 heterocycles. The van der Waals surface area contributed by atoms with Crippen LogP contribution in [0.5, 0.6) is 0 Å². The third-order valence-electron chi connectivity index (χ3n) is 3.69. The zero-order valence-electron chi connectivity index (χ0n) is 11.3. The monoisotopic (exact) mass is 292 g/mol. The van der Waals surface area contributed by atoms with Crippen molar-refractivity contribution in [2.75, 3.05) is 5.32 Å². The zero-order chi connectivity index (χ0) is 14.2. The first-order valence-corrected chi connectivity index (χ1v) is 7.70. The summed E-state index contributed by atoms with van der Waals surface area (Å²) in [4.78, 5) is 9.16. The average Bonchev–Trinajstić information content (AvgIpc) is 3.11. The second-order valence-electron chi connectivity index (χ2n) is 5.07. The Balaban J connectivity index is 1.75. The largest absolute Gasteiger partial charge is 0.315 e. The van der Waals surface area contributed by atoms with E-state index in [-0.39, 0.29) is 0 Å². The number of rotatable bonds is 2. The number of nitrogens with zero attached hydrogens (tertiary/aromatic N) is 3. The van der Waals surface area contributed by atoms with E-state index in [0.29, 0.717) is 11.4 Å². The number of fused-ring (bicyclic) bond motifs is 2. The van der Waals surface area contributed by atoms with Gasteiger partial charge in [0.05, 0.1) is 15.8 Å². The lowest BCUT2D eigenvalue weighted by atomic mass is 10.1. The summed E-state index contributed by atoms with van der Waals surface area (Å²) in [6.45, 7) is 0. The van der Waals surface area contributed by atoms with E-state index in [4.69, 9.17) is 0 Å². The molecule has 4 nitrogen and oxygen atoms in total. The number of nitrogens with one attached hydrogen (secondary N) is 1. The van der Waals surface area contributed by atoms with Crippen molar-refractivity contribution < 1.29 is 0 Å². The highest BCUT2D eigenvalue weighted by atomic mass is 32.1. The number of hydrogen-bond acceptors (Lipinski definition) is 5. The van der Waals surface area contributed by atoms with Gasteiger partial charge in [0.2, 0.25) is 0 Å². The number of nitriles is 1. The molecule has 5 heteroatoms. The minimum atomic E-state index is 0.593. The van der Waals surface area contributed by atoms with Crippen LogP contribution in [-0.2, 0) is 12.8 Å². The summed E-state index contributed by atoms with van der Waals surface area (Å²) in [5.74, 6) is 0.622. The van der Waals surface area contributed by atoms with E-state index in [0.717, 1.165) is 40.3 Å². The van der Waals surface area contributed by atoms with Crippen LogP contribution in [0.2, 0.25) is 0 Å². The van der Waals surface area contributed by atoms with E-state index >= 15 is 0 Å². The molecule has 0 spiro atoms. The van der Waals surface area contributed by atoms with Gasteiger partial charge in [-0.1, -0.05) is 23.5 Å². The molecular weight excluding hydrogens is 280 g/mol. The summed E-state index contributed by atoms with van der Waals surface area (Å²) in [6.07, 6.45) is 3.14. The third kappa shape index (κ3) is 2.14. The van der Waals surface area contributed by atoms with Crippen LogP contribution in [0.4, 0.5) is 10.9 Å². The Hall–Kier alpha value is -2.45. The van der Waals surface area contributed by atoms with Crippen LogP contribution in [0.3, 0.4) is 0 Å². The van der Waals surface area contributed by atoms with Gasteiger partial charge in [-0.25, -0.2) is 9.97 Å². The Kier molecular flexibility index (Phi) is 2.83. The maximum absolute atomic E-state index is 9.32. The van der Waals surface area contributed by atoms with E-state index < -0.39 is 0 Å². The van der Waals surface area contributed by atoms with Gasteiger partial charge in [0.15, 0.2) is 5.13 Å². The van der Waals surface area contributed by atoms with Crippen LogP contribution in [-0.4, -0.2) is 9.97 Å². The Morgan fingerprint density at radius 3 is 2.95 bits per heavy atom. The lowest BCUT2D eigenvalue weighted by Gasteiger charge is -2.07. The Morgan fingerprint density at radius 1 is 1.19 bits per heavy atom. The van der Waals surface area contributed by atoms with Crippen molar-refractivity contribution in [3.63, 3.8) is 0 Å². The molecule has 0 radical (unpaired) electrons. The van der Waals surface area contributed by atoms with E-state index in [1.807, 2.05) is 30.3 Å². The molecule has 0 atom stereocenters. The summed E-state index contributed by atoms with van der Waals surface area (Å²) in [7, 11) is 0. The molecule has 0 saturated carbocycles. The van der Waals surface area contributed by atoms with Gasteiger partial charge in [0.25, 0.3) is 0 Å². The average molecular weight is 292 g/mol. The third-order valence-corrected chi connectivity index (χ3v) is 4.64. The Bertz CT molecular complexity index is 843. The standard InChI is InChI=1S/C16H12N4S/c17-9-11-8-10-4-3-6-12(10)18-15(11)20-16-19-13-5-1-2-7-14(13)21-16/h1-2,5,7-8H,3-4,6H2,(H,18,19,20). The van der Waals surface area contributed by atoms with Gasteiger partial charge < -0.3 is 5.32 Å². The van der Waals surface area contributed by atoms with Gasteiger partial charge in [0, 0.05) is 5.69 Å². The number of para-hydroxylation sites is 1. The highest BCUT2D eigenvalue weighted by Crippen LogP contribution is 2.30. The molecule has 1 aliphatic carbocycles. The van der Waals surface area contributed by atoms with Crippen molar-refractivity contribution in [2.45, 2.75) is 19.3 Å². The fraction of sp³-hybridized carbons (Fsp3) is 0.188. The fourth-order valence-corrected chi connectivity index (χ4v) is 3.54. The van der Waals surface area contributed by atoms with Crippen molar-refractivity contribution in [3.05, 3.63) is 47.2 Å². The van der Waals surface area contributed by atoms with Crippen LogP contribution < -0.4 is 5.32 Å². The lowest BCUT2D eigenvalue weighted by Crippen LogP contribution is -2.00. The number of anilines is 2. The van der Waals surface area contributed by atoms with Crippen LogP contribution in [0.25, 0.3) is 10.2 Å². The Morgan fingerprint density at radius 2 is 2.10 bits per heavy atom. The fourth-order valence-electron chi connectivity index (χ4n) is 2.68. The molecule has 0 bridgehead atoms. The van der Waals surface area contributed by atoms with E-state index in [2.05, 4.69) is 21.4 Å². The molecule has 0 saturated heterocycles. The second-order valence-corrected chi connectivity index (χ2v) is 6.10. The van der Waals surface area contributed by atoms with Crippen molar-refractivity contribution >= 4 is 32.5 Å². The van der Waals surface area contributed by atoms with Crippen molar-refractivity contribution in [1.29, 1.82) is 5.26 Å². The van der Waals surface area contributed by atoms with Gasteiger partial charge in [0.1, 0.15) is 11.9 Å². The van der Waals surface area contributed by atoms with Gasteiger partial charge in [-0.05, 0) is 43.0 Å². The SMILES string of the molecule is N#Cc1cc2c(nc1Nc1nc3ccccc3s1)CCC2. The molecule has 4 rings (SSSR count). The first-order valence-electron chi connectivity index (χ1n) is 6.89. The normalized spacial score (nSPS) is 13.1. The molecule has 0 amide bonds. The predicted molar refractivity (Wildman–Crippen MR) is 83.9 cm³/mol. The highest BCUT2D eigenvalue weighted by Gasteiger charge is 2.17. The highest BCUT2D eigenvalue weighted by molar-refractivity contribution is 7.22. The Labute approximate surface area is 126 Å². The van der Waals surface area contributed by atoms with Gasteiger partial charge in [-0.2, -0.15) is 5.26 Å². The van der Waals surface area contributed by atoms with E-state index in [1.165, 1.54) is 5.56 Å². The molecule has 1 aliphatic rings. The maximum atomic E-state index is 9.32. The minimum absolute atomic E-state index is 0.593. The molecule has 102 valence electrons. The summed E-state index contributed by atoms with van der Waals surface area (Å²) in [5.41, 5.74) is 3.87. The quantitative estimate of drug-likeness (QED) is 0.780. The second kappa shape index (κ2) is 4.83. The van der Waals surface area contributed by atoms with Crippen molar-refractivity contribution in [2.24, 2.45) is 0 Å². The molecule has 0 unspecified atom stereocenters. The number of thiazole rings is 1. The van der Waals surface area contributed by atoms with Crippen LogP contribution >= 0.6 is 11.3 Å². The lowest BCUT2D eigenvalue weighted by molar-refractivity contribution is 0.900. The molecule has 1 N–H and O–H groups in total. The van der Waals surface area contributed by atoms with E-state index in [1.54, 1.807) is 11.3 Å². The molecular formula is C16H12N4S. The van der Waals surface area contributed by atoms with Gasteiger partial charge >= 0.3 is 0 Å². The van der Waals surface area contributed by atoms with Crippen LogP contribution in [0.1, 0.15) is 23.2 Å². The molecule has 21 heavy (non-hydrogen) atoms. The van der Waals surface area contributed by atoms with Gasteiger partial charge in [-0.15, -0.1) is 0 Å². The number of pyridine rings is 1. The van der Waals surface area contributed by atoms with E-state index in [9.17, 15) is 5.26 Å². The van der Waals surface area contributed by atoms with Crippen molar-refractivity contribution in [1.82, 2.24) is 9.97 Å².